The molecule has 0 aliphatic rings. The van der Waals surface area contributed by atoms with Crippen LogP contribution in [0, 0.1) is 0 Å². The largest absolute Gasteiger partial charge is 0.361 e. The Kier molecular flexibility index (Phi) is 8.92. The summed E-state index contributed by atoms with van der Waals surface area (Å²) in [5.74, 6) is 0. The van der Waals surface area contributed by atoms with Gasteiger partial charge in [0.1, 0.15) is 6.29 Å². The lowest BCUT2D eigenvalue weighted by Crippen LogP contribution is -2.23. The molecule has 0 bridgehead atoms. The van der Waals surface area contributed by atoms with Gasteiger partial charge in [-0.15, -0.1) is 0 Å². The minimum Gasteiger partial charge on any atom is -0.361 e. The van der Waals surface area contributed by atoms with E-state index in [0.29, 0.717) is 11.4 Å². The van der Waals surface area contributed by atoms with E-state index in [1.165, 1.54) is 0 Å². The Morgan fingerprint density at radius 2 is 1.95 bits per heavy atom. The van der Waals surface area contributed by atoms with Crippen LogP contribution in [0.15, 0.2) is 24.4 Å². The molecule has 4 heteroatoms. The number of nitrogens with two attached hydrogens (primary N) is 1. The van der Waals surface area contributed by atoms with Crippen LogP contribution in [0.25, 0.3) is 10.9 Å². The molecule has 0 amide bonds. The van der Waals surface area contributed by atoms with Crippen LogP contribution in [0.2, 0.25) is 5.02 Å². The van der Waals surface area contributed by atoms with Crippen LogP contribution in [0.4, 0.5) is 0 Å². The number of aromatic nitrogens is 1. The Morgan fingerprint density at radius 3 is 2.53 bits per heavy atom. The molecule has 0 aliphatic heterocycles. The quantitative estimate of drug-likeness (QED) is 0.838. The summed E-state index contributed by atoms with van der Waals surface area (Å²) in [4.78, 5) is 13.6. The molecule has 0 aliphatic carbocycles. The molecule has 2 aromatic rings. The third-order valence-corrected chi connectivity index (χ3v) is 2.59. The van der Waals surface area contributed by atoms with Gasteiger partial charge in [-0.25, -0.2) is 0 Å². The summed E-state index contributed by atoms with van der Waals surface area (Å²) in [5, 5.41) is 1.76. The molecule has 3 N–H and O–H groups in total. The lowest BCUT2D eigenvalue weighted by atomic mass is 10.1. The van der Waals surface area contributed by atoms with E-state index in [1.54, 1.807) is 0 Å². The maximum absolute atomic E-state index is 10.5. The van der Waals surface area contributed by atoms with Crippen molar-refractivity contribution in [1.29, 1.82) is 0 Å². The third kappa shape index (κ3) is 5.05. The highest BCUT2D eigenvalue weighted by Gasteiger charge is 2.07. The average Bonchev–Trinajstić information content (AvgIpc) is 2.85. The van der Waals surface area contributed by atoms with Gasteiger partial charge in [0.25, 0.3) is 0 Å². The Balaban J connectivity index is 0.000000741. The molecule has 1 aromatic heterocycles. The van der Waals surface area contributed by atoms with Crippen LogP contribution < -0.4 is 5.73 Å². The number of hydrogen-bond acceptors (Lipinski definition) is 2. The Labute approximate surface area is 120 Å². The van der Waals surface area contributed by atoms with Gasteiger partial charge in [-0.1, -0.05) is 45.4 Å². The van der Waals surface area contributed by atoms with E-state index in [9.17, 15) is 4.79 Å². The first-order chi connectivity index (χ1) is 9.20. The summed E-state index contributed by atoms with van der Waals surface area (Å²) in [5.41, 5.74) is 7.59. The smallest absolute Gasteiger partial charge is 0.137 e. The highest BCUT2D eigenvalue weighted by atomic mass is 35.5. The molecule has 106 valence electrons. The molecule has 19 heavy (non-hydrogen) atoms. The summed E-state index contributed by atoms with van der Waals surface area (Å²) >= 11 is 5.86. The maximum Gasteiger partial charge on any atom is 0.137 e. The lowest BCUT2D eigenvalue weighted by Gasteiger charge is -2.01. The second-order valence-electron chi connectivity index (χ2n) is 3.51. The first kappa shape index (κ1) is 17.7. The number of hydrogen-bond donors (Lipinski definition) is 2. The lowest BCUT2D eigenvalue weighted by molar-refractivity contribution is -0.108. The van der Waals surface area contributed by atoms with E-state index in [-0.39, 0.29) is 0 Å². The standard InChI is InChI=1S/C11H11ClN2O.2C2H6/c12-8-1-2-10-7(3-9(13)6-15)5-14-11(10)4-8;2*1-2/h1-2,4-6,9,14H,3,13H2;2*1-2H3. The number of nitrogens with one attached hydrogen (secondary N) is 1. The van der Waals surface area contributed by atoms with Gasteiger partial charge >= 0.3 is 0 Å². The van der Waals surface area contributed by atoms with Crippen LogP contribution in [-0.2, 0) is 11.2 Å². The molecule has 0 saturated heterocycles. The van der Waals surface area contributed by atoms with E-state index in [1.807, 2.05) is 52.1 Å². The van der Waals surface area contributed by atoms with Gasteiger partial charge in [0, 0.05) is 22.1 Å². The Bertz CT molecular complexity index is 494. The van der Waals surface area contributed by atoms with Gasteiger partial charge in [-0.2, -0.15) is 0 Å². The molecule has 1 heterocycles. The summed E-state index contributed by atoms with van der Waals surface area (Å²) in [6.45, 7) is 8.00. The van der Waals surface area contributed by atoms with Gasteiger partial charge in [0.2, 0.25) is 0 Å². The zero-order chi connectivity index (χ0) is 14.8. The predicted octanol–water partition coefficient (Wildman–Crippen LogP) is 3.94. The van der Waals surface area contributed by atoms with E-state index in [0.717, 1.165) is 22.8 Å². The average molecular weight is 283 g/mol. The number of halogens is 1. The van der Waals surface area contributed by atoms with E-state index in [2.05, 4.69) is 4.98 Å². The Morgan fingerprint density at radius 1 is 1.32 bits per heavy atom. The van der Waals surface area contributed by atoms with Crippen molar-refractivity contribution in [2.75, 3.05) is 0 Å². The number of rotatable bonds is 3. The zero-order valence-electron chi connectivity index (χ0n) is 12.0. The monoisotopic (exact) mass is 282 g/mol. The summed E-state index contributed by atoms with van der Waals surface area (Å²) < 4.78 is 0. The van der Waals surface area contributed by atoms with Crippen molar-refractivity contribution < 1.29 is 4.79 Å². The second-order valence-corrected chi connectivity index (χ2v) is 3.94. The van der Waals surface area contributed by atoms with Crippen molar-refractivity contribution in [3.63, 3.8) is 0 Å². The molecule has 0 spiro atoms. The fourth-order valence-electron chi connectivity index (χ4n) is 1.63. The number of fused-ring (bicyclic) bond motifs is 1. The normalized spacial score (nSPS) is 10.8. The van der Waals surface area contributed by atoms with Gasteiger partial charge in [0.15, 0.2) is 0 Å². The molecule has 0 fully saturated rings. The highest BCUT2D eigenvalue weighted by molar-refractivity contribution is 6.31. The fourth-order valence-corrected chi connectivity index (χ4v) is 1.80. The van der Waals surface area contributed by atoms with Crippen molar-refractivity contribution >= 4 is 28.8 Å². The van der Waals surface area contributed by atoms with Gasteiger partial charge in [-0.3, -0.25) is 0 Å². The van der Waals surface area contributed by atoms with Crippen LogP contribution in [-0.4, -0.2) is 17.3 Å². The number of benzene rings is 1. The van der Waals surface area contributed by atoms with Crippen molar-refractivity contribution in [2.45, 2.75) is 40.2 Å². The van der Waals surface area contributed by atoms with Crippen LogP contribution >= 0.6 is 11.6 Å². The Hall–Kier alpha value is -1.32. The minimum absolute atomic E-state index is 0.445. The van der Waals surface area contributed by atoms with Crippen molar-refractivity contribution in [1.82, 2.24) is 4.98 Å². The molecule has 1 atom stereocenters. The fraction of sp³-hybridized carbons (Fsp3) is 0.400. The molecule has 0 saturated carbocycles. The number of aldehydes is 1. The number of carbonyl (C=O) groups is 1. The van der Waals surface area contributed by atoms with Crippen molar-refractivity contribution in [2.24, 2.45) is 5.73 Å². The summed E-state index contributed by atoms with van der Waals surface area (Å²) in [6, 6.07) is 5.17. The second kappa shape index (κ2) is 9.59. The van der Waals surface area contributed by atoms with E-state index >= 15 is 0 Å². The first-order valence-corrected chi connectivity index (χ1v) is 7.05. The van der Waals surface area contributed by atoms with Crippen LogP contribution in [0.5, 0.6) is 0 Å². The van der Waals surface area contributed by atoms with Crippen LogP contribution in [0.3, 0.4) is 0 Å². The maximum atomic E-state index is 10.5. The summed E-state index contributed by atoms with van der Waals surface area (Å²) in [7, 11) is 0. The first-order valence-electron chi connectivity index (χ1n) is 6.67. The van der Waals surface area contributed by atoms with E-state index in [4.69, 9.17) is 17.3 Å². The molecule has 1 aromatic carbocycles. The molecular formula is C15H23ClN2O. The number of aromatic amines is 1. The van der Waals surface area contributed by atoms with Crippen molar-refractivity contribution in [3.05, 3.63) is 35.0 Å². The summed E-state index contributed by atoms with van der Waals surface area (Å²) in [6.07, 6.45) is 3.17. The van der Waals surface area contributed by atoms with Gasteiger partial charge in [-0.05, 0) is 24.1 Å². The highest BCUT2D eigenvalue weighted by Crippen LogP contribution is 2.22. The van der Waals surface area contributed by atoms with Gasteiger partial charge < -0.3 is 15.5 Å². The van der Waals surface area contributed by atoms with Gasteiger partial charge in [0.05, 0.1) is 6.04 Å². The third-order valence-electron chi connectivity index (χ3n) is 2.36. The van der Waals surface area contributed by atoms with E-state index < -0.39 is 6.04 Å². The zero-order valence-corrected chi connectivity index (χ0v) is 12.8. The predicted molar refractivity (Wildman–Crippen MR) is 83.7 cm³/mol. The molecule has 0 radical (unpaired) electrons. The van der Waals surface area contributed by atoms with Crippen molar-refractivity contribution in [3.8, 4) is 0 Å². The molecule has 2 rings (SSSR count). The SMILES string of the molecule is CC.CC.NC(C=O)Cc1c[nH]c2cc(Cl)ccc12. The minimum atomic E-state index is -0.445. The number of carbonyl (C=O) groups excluding carboxylic acids is 1. The number of H-pyrrole nitrogens is 1. The molecular weight excluding hydrogens is 260 g/mol. The molecule has 1 unspecified atom stereocenters. The van der Waals surface area contributed by atoms with Crippen LogP contribution in [0.1, 0.15) is 33.3 Å². The topological polar surface area (TPSA) is 58.9 Å². The molecule has 3 nitrogen and oxygen atoms in total.